The normalized spacial score (nSPS) is 14.8. The van der Waals surface area contributed by atoms with Crippen molar-refractivity contribution in [2.45, 2.75) is 25.7 Å². The molecule has 5 nitrogen and oxygen atoms in total. The predicted octanol–water partition coefficient (Wildman–Crippen LogP) is 2.17. The predicted molar refractivity (Wildman–Crippen MR) is 85.5 cm³/mol. The minimum atomic E-state index is -0.288. The number of methoxy groups -OCH3 is 1. The van der Waals surface area contributed by atoms with E-state index in [1.807, 2.05) is 11.0 Å². The molecular weight excluding hydrogens is 280 g/mol. The number of nitrogen functional groups attached to an aromatic ring is 1. The maximum Gasteiger partial charge on any atom is 0.305 e. The number of benzene rings is 1. The molecule has 0 spiro atoms. The van der Waals surface area contributed by atoms with Gasteiger partial charge in [-0.05, 0) is 37.0 Å². The Labute approximate surface area is 130 Å². The van der Waals surface area contributed by atoms with Crippen LogP contribution in [0.4, 0.5) is 5.69 Å². The van der Waals surface area contributed by atoms with Crippen molar-refractivity contribution in [2.75, 3.05) is 25.9 Å². The third-order valence-corrected chi connectivity index (χ3v) is 3.95. The molecule has 1 heterocycles. The third-order valence-electron chi connectivity index (χ3n) is 3.95. The highest BCUT2D eigenvalue weighted by Gasteiger charge is 2.22. The average Bonchev–Trinajstić information content (AvgIpc) is 2.53. The summed E-state index contributed by atoms with van der Waals surface area (Å²) in [6.07, 6.45) is 2.39. The maximum atomic E-state index is 12.7. The lowest BCUT2D eigenvalue weighted by atomic mass is 9.99. The highest BCUT2D eigenvalue weighted by molar-refractivity contribution is 5.96. The van der Waals surface area contributed by atoms with E-state index in [4.69, 9.17) is 5.73 Å². The molecule has 1 amide bonds. The zero-order valence-electron chi connectivity index (χ0n) is 12.9. The summed E-state index contributed by atoms with van der Waals surface area (Å²) >= 11 is 0. The summed E-state index contributed by atoms with van der Waals surface area (Å²) < 4.78 is 4.66. The van der Waals surface area contributed by atoms with E-state index in [2.05, 4.69) is 11.3 Å². The smallest absolute Gasteiger partial charge is 0.305 e. The number of ether oxygens (including phenoxy) is 1. The van der Waals surface area contributed by atoms with Crippen LogP contribution in [0, 0.1) is 0 Å². The van der Waals surface area contributed by atoms with E-state index in [9.17, 15) is 9.59 Å². The summed E-state index contributed by atoms with van der Waals surface area (Å²) in [6, 6.07) is 5.26. The fraction of sp³-hybridized carbons (Fsp3) is 0.412. The van der Waals surface area contributed by atoms with Gasteiger partial charge in [-0.1, -0.05) is 18.2 Å². The Hall–Kier alpha value is -2.30. The van der Waals surface area contributed by atoms with E-state index >= 15 is 0 Å². The number of likely N-dealkylation sites (tertiary alicyclic amines) is 1. The first-order chi connectivity index (χ1) is 10.5. The standard InChI is InChI=1S/C17H22N2O3/c1-12-7-9-19(10-8-12)17(21)15-11-14(18)5-3-13(15)4-6-16(20)22-2/h3,5,11H,1,4,6-10,18H2,2H3. The van der Waals surface area contributed by atoms with Gasteiger partial charge in [0.1, 0.15) is 0 Å². The van der Waals surface area contributed by atoms with Crippen LogP contribution in [0.1, 0.15) is 35.2 Å². The van der Waals surface area contributed by atoms with Crippen molar-refractivity contribution in [1.82, 2.24) is 4.90 Å². The second-order valence-electron chi connectivity index (χ2n) is 5.53. The van der Waals surface area contributed by atoms with E-state index in [1.165, 1.54) is 12.7 Å². The van der Waals surface area contributed by atoms with Crippen molar-refractivity contribution in [1.29, 1.82) is 0 Å². The van der Waals surface area contributed by atoms with Gasteiger partial charge in [-0.2, -0.15) is 0 Å². The van der Waals surface area contributed by atoms with Gasteiger partial charge in [0, 0.05) is 30.8 Å². The molecule has 2 N–H and O–H groups in total. The number of rotatable bonds is 4. The van der Waals surface area contributed by atoms with Gasteiger partial charge >= 0.3 is 5.97 Å². The molecule has 0 aromatic heterocycles. The highest BCUT2D eigenvalue weighted by atomic mass is 16.5. The molecular formula is C17H22N2O3. The van der Waals surface area contributed by atoms with Crippen LogP contribution >= 0.6 is 0 Å². The van der Waals surface area contributed by atoms with Crippen molar-refractivity contribution >= 4 is 17.6 Å². The number of anilines is 1. The van der Waals surface area contributed by atoms with Crippen molar-refractivity contribution in [3.63, 3.8) is 0 Å². The largest absolute Gasteiger partial charge is 0.469 e. The first-order valence-corrected chi connectivity index (χ1v) is 7.42. The Morgan fingerprint density at radius 1 is 1.32 bits per heavy atom. The van der Waals surface area contributed by atoms with E-state index in [0.717, 1.165) is 18.4 Å². The van der Waals surface area contributed by atoms with Crippen molar-refractivity contribution in [2.24, 2.45) is 0 Å². The van der Waals surface area contributed by atoms with Gasteiger partial charge in [-0.25, -0.2) is 0 Å². The molecule has 0 saturated carbocycles. The molecule has 118 valence electrons. The van der Waals surface area contributed by atoms with Crippen LogP contribution in [0.2, 0.25) is 0 Å². The fourth-order valence-electron chi connectivity index (χ4n) is 2.55. The molecule has 0 unspecified atom stereocenters. The fourth-order valence-corrected chi connectivity index (χ4v) is 2.55. The molecule has 0 bridgehead atoms. The van der Waals surface area contributed by atoms with E-state index in [-0.39, 0.29) is 18.3 Å². The van der Waals surface area contributed by atoms with Gasteiger partial charge < -0.3 is 15.4 Å². The molecule has 1 aliphatic rings. The van der Waals surface area contributed by atoms with Crippen LogP contribution in [0.15, 0.2) is 30.4 Å². The molecule has 1 aromatic carbocycles. The Morgan fingerprint density at radius 2 is 2.00 bits per heavy atom. The van der Waals surface area contributed by atoms with E-state index in [1.54, 1.807) is 12.1 Å². The zero-order chi connectivity index (χ0) is 16.1. The SMILES string of the molecule is C=C1CCN(C(=O)c2cc(N)ccc2CCC(=O)OC)CC1. The molecule has 0 radical (unpaired) electrons. The molecule has 2 rings (SSSR count). The summed E-state index contributed by atoms with van der Waals surface area (Å²) in [4.78, 5) is 25.9. The van der Waals surface area contributed by atoms with Crippen molar-refractivity contribution in [3.8, 4) is 0 Å². The number of amides is 1. The number of carbonyl (C=O) groups excluding carboxylic acids is 2. The topological polar surface area (TPSA) is 72.6 Å². The summed E-state index contributed by atoms with van der Waals surface area (Å²) in [6.45, 7) is 5.33. The number of nitrogens with zero attached hydrogens (tertiary/aromatic N) is 1. The number of esters is 1. The van der Waals surface area contributed by atoms with Crippen LogP contribution < -0.4 is 5.73 Å². The first-order valence-electron chi connectivity index (χ1n) is 7.42. The second-order valence-corrected chi connectivity index (χ2v) is 5.53. The number of hydrogen-bond donors (Lipinski definition) is 1. The molecule has 1 aliphatic heterocycles. The number of nitrogens with two attached hydrogens (primary N) is 1. The molecule has 22 heavy (non-hydrogen) atoms. The van der Waals surface area contributed by atoms with Crippen LogP contribution in [-0.2, 0) is 16.0 Å². The quantitative estimate of drug-likeness (QED) is 0.525. The van der Waals surface area contributed by atoms with Crippen LogP contribution in [0.25, 0.3) is 0 Å². The Morgan fingerprint density at radius 3 is 2.64 bits per heavy atom. The molecule has 1 saturated heterocycles. The van der Waals surface area contributed by atoms with Gasteiger partial charge in [0.2, 0.25) is 0 Å². The summed E-state index contributed by atoms with van der Waals surface area (Å²) in [5.74, 6) is -0.316. The minimum Gasteiger partial charge on any atom is -0.469 e. The molecule has 1 aromatic rings. The van der Waals surface area contributed by atoms with Gasteiger partial charge in [-0.15, -0.1) is 0 Å². The Balaban J connectivity index is 2.17. The van der Waals surface area contributed by atoms with Gasteiger partial charge in [0.05, 0.1) is 7.11 Å². The van der Waals surface area contributed by atoms with Gasteiger partial charge in [0.15, 0.2) is 0 Å². The molecule has 1 fully saturated rings. The van der Waals surface area contributed by atoms with Crippen molar-refractivity contribution in [3.05, 3.63) is 41.5 Å². The van der Waals surface area contributed by atoms with Crippen LogP contribution in [-0.4, -0.2) is 37.0 Å². The monoisotopic (exact) mass is 302 g/mol. The highest BCUT2D eigenvalue weighted by Crippen LogP contribution is 2.21. The van der Waals surface area contributed by atoms with Crippen molar-refractivity contribution < 1.29 is 14.3 Å². The summed E-state index contributed by atoms with van der Waals surface area (Å²) in [7, 11) is 1.36. The molecule has 5 heteroatoms. The number of aryl methyl sites for hydroxylation is 1. The summed E-state index contributed by atoms with van der Waals surface area (Å²) in [5.41, 5.74) is 8.96. The van der Waals surface area contributed by atoms with Gasteiger partial charge in [0.25, 0.3) is 5.91 Å². The minimum absolute atomic E-state index is 0.0281. The number of carbonyl (C=O) groups is 2. The Bertz CT molecular complexity index is 586. The first kappa shape index (κ1) is 16.1. The second kappa shape index (κ2) is 7.11. The number of piperidine rings is 1. The van der Waals surface area contributed by atoms with Crippen LogP contribution in [0.3, 0.4) is 0 Å². The molecule has 0 aliphatic carbocycles. The lowest BCUT2D eigenvalue weighted by Gasteiger charge is -2.29. The van der Waals surface area contributed by atoms with E-state index in [0.29, 0.717) is 30.8 Å². The van der Waals surface area contributed by atoms with Crippen LogP contribution in [0.5, 0.6) is 0 Å². The van der Waals surface area contributed by atoms with E-state index < -0.39 is 0 Å². The third kappa shape index (κ3) is 3.87. The zero-order valence-corrected chi connectivity index (χ0v) is 12.9. The average molecular weight is 302 g/mol. The number of hydrogen-bond acceptors (Lipinski definition) is 4. The maximum absolute atomic E-state index is 12.7. The molecule has 0 atom stereocenters. The Kier molecular flexibility index (Phi) is 5.20. The summed E-state index contributed by atoms with van der Waals surface area (Å²) in [5, 5.41) is 0. The lowest BCUT2D eigenvalue weighted by Crippen LogP contribution is -2.36. The van der Waals surface area contributed by atoms with Gasteiger partial charge in [-0.3, -0.25) is 9.59 Å². The lowest BCUT2D eigenvalue weighted by molar-refractivity contribution is -0.140.